The number of rotatable bonds is 3. The highest BCUT2D eigenvalue weighted by Crippen LogP contribution is 2.37. The molecule has 2 aromatic heterocycles. The van der Waals surface area contributed by atoms with Gasteiger partial charge in [0.15, 0.2) is 5.82 Å². The molecule has 2 aromatic carbocycles. The number of aromatic nitrogens is 4. The lowest BCUT2D eigenvalue weighted by Gasteiger charge is -2.14. The fourth-order valence-corrected chi connectivity index (χ4v) is 3.41. The molecular weight excluding hydrogens is 450 g/mol. The van der Waals surface area contributed by atoms with Crippen molar-refractivity contribution in [2.75, 3.05) is 11.1 Å². The summed E-state index contributed by atoms with van der Waals surface area (Å²) in [6.07, 6.45) is 1.56. The topological polar surface area (TPSA) is 94.8 Å². The number of benzene rings is 2. The minimum absolute atomic E-state index is 0.0816. The molecule has 2 heterocycles. The van der Waals surface area contributed by atoms with E-state index in [1.165, 1.54) is 0 Å². The number of hydrogen-bond donors (Lipinski definition) is 2. The Labute approximate surface area is 161 Å². The molecule has 0 amide bonds. The molecule has 0 fully saturated rings. The standard InChI is InChI=1S/C17H14FIN6O/c1-8-5-9(19)3-4-11(8)22-14-10(16-23-24-17(20)26-16)6-12-15(13(14)18)21-7-25(12)2/h3-7,22H,1-2H3,(H2,20,24). The van der Waals surface area contributed by atoms with Gasteiger partial charge in [-0.15, -0.1) is 5.10 Å². The molecule has 0 saturated carbocycles. The Kier molecular flexibility index (Phi) is 4.02. The van der Waals surface area contributed by atoms with E-state index in [0.717, 1.165) is 14.8 Å². The van der Waals surface area contributed by atoms with E-state index in [9.17, 15) is 0 Å². The van der Waals surface area contributed by atoms with Gasteiger partial charge in [-0.05, 0) is 59.3 Å². The second-order valence-electron chi connectivity index (χ2n) is 5.87. The van der Waals surface area contributed by atoms with E-state index in [2.05, 4.69) is 43.1 Å². The summed E-state index contributed by atoms with van der Waals surface area (Å²) in [7, 11) is 1.79. The Balaban J connectivity index is 1.95. The largest absolute Gasteiger partial charge is 0.403 e. The van der Waals surface area contributed by atoms with Gasteiger partial charge < -0.3 is 20.0 Å². The Bertz CT molecular complexity index is 1140. The molecule has 4 aromatic rings. The van der Waals surface area contributed by atoms with E-state index in [-0.39, 0.29) is 23.1 Å². The van der Waals surface area contributed by atoms with Crippen molar-refractivity contribution < 1.29 is 8.81 Å². The van der Waals surface area contributed by atoms with Gasteiger partial charge >= 0.3 is 6.01 Å². The number of anilines is 3. The molecule has 0 radical (unpaired) electrons. The minimum atomic E-state index is -0.493. The van der Waals surface area contributed by atoms with Crippen molar-refractivity contribution in [2.45, 2.75) is 6.92 Å². The number of fused-ring (bicyclic) bond motifs is 1. The van der Waals surface area contributed by atoms with Gasteiger partial charge in [0.2, 0.25) is 0 Å². The number of aryl methyl sites for hydroxylation is 2. The van der Waals surface area contributed by atoms with Gasteiger partial charge in [-0.1, -0.05) is 5.10 Å². The van der Waals surface area contributed by atoms with Crippen molar-refractivity contribution in [3.8, 4) is 11.5 Å². The summed E-state index contributed by atoms with van der Waals surface area (Å²) in [6.45, 7) is 1.95. The summed E-state index contributed by atoms with van der Waals surface area (Å²) in [4.78, 5) is 4.15. The molecule has 9 heteroatoms. The first-order valence-corrected chi connectivity index (χ1v) is 8.78. The maximum absolute atomic E-state index is 15.3. The molecule has 4 rings (SSSR count). The van der Waals surface area contributed by atoms with Gasteiger partial charge in [-0.2, -0.15) is 0 Å². The minimum Gasteiger partial charge on any atom is -0.403 e. The summed E-state index contributed by atoms with van der Waals surface area (Å²) in [6, 6.07) is 7.51. The molecule has 0 saturated heterocycles. The van der Waals surface area contributed by atoms with Crippen molar-refractivity contribution >= 4 is 51.0 Å². The molecule has 0 atom stereocenters. The number of imidazole rings is 1. The molecule has 3 N–H and O–H groups in total. The number of nitrogens with one attached hydrogen (secondary N) is 1. The van der Waals surface area contributed by atoms with Gasteiger partial charge in [-0.3, -0.25) is 0 Å². The molecule has 0 aliphatic rings. The van der Waals surface area contributed by atoms with Crippen LogP contribution in [0.4, 0.5) is 21.8 Å². The second kappa shape index (κ2) is 6.24. The fourth-order valence-electron chi connectivity index (χ4n) is 2.76. The highest BCUT2D eigenvalue weighted by molar-refractivity contribution is 14.1. The van der Waals surface area contributed by atoms with Crippen LogP contribution in [0.1, 0.15) is 5.56 Å². The molecular formula is C17H14FIN6O. The van der Waals surface area contributed by atoms with E-state index in [4.69, 9.17) is 10.2 Å². The monoisotopic (exact) mass is 464 g/mol. The summed E-state index contributed by atoms with van der Waals surface area (Å²) >= 11 is 2.23. The van der Waals surface area contributed by atoms with Crippen LogP contribution in [0.2, 0.25) is 0 Å². The van der Waals surface area contributed by atoms with E-state index in [0.29, 0.717) is 11.1 Å². The number of nitrogens with two attached hydrogens (primary N) is 1. The molecule has 132 valence electrons. The second-order valence-corrected chi connectivity index (χ2v) is 7.11. The van der Waals surface area contributed by atoms with Crippen LogP contribution in [-0.4, -0.2) is 19.7 Å². The number of hydrogen-bond acceptors (Lipinski definition) is 6. The number of nitrogens with zero attached hydrogens (tertiary/aromatic N) is 4. The van der Waals surface area contributed by atoms with E-state index in [1.54, 1.807) is 24.0 Å². The normalized spacial score (nSPS) is 11.2. The highest BCUT2D eigenvalue weighted by atomic mass is 127. The first-order chi connectivity index (χ1) is 12.4. The van der Waals surface area contributed by atoms with Gasteiger partial charge in [0, 0.05) is 16.3 Å². The van der Waals surface area contributed by atoms with Gasteiger partial charge in [-0.25, -0.2) is 9.37 Å². The summed E-state index contributed by atoms with van der Waals surface area (Å²) in [5.41, 5.74) is 8.80. The Hall–Kier alpha value is -2.69. The average Bonchev–Trinajstić information content (AvgIpc) is 3.18. The van der Waals surface area contributed by atoms with Crippen LogP contribution in [0.15, 0.2) is 35.0 Å². The lowest BCUT2D eigenvalue weighted by atomic mass is 10.1. The van der Waals surface area contributed by atoms with Crippen LogP contribution in [-0.2, 0) is 7.05 Å². The van der Waals surface area contributed by atoms with Crippen LogP contribution in [0.3, 0.4) is 0 Å². The van der Waals surface area contributed by atoms with Gasteiger partial charge in [0.25, 0.3) is 5.89 Å². The van der Waals surface area contributed by atoms with Crippen molar-refractivity contribution in [1.82, 2.24) is 19.7 Å². The van der Waals surface area contributed by atoms with Gasteiger partial charge in [0.05, 0.1) is 23.1 Å². The first-order valence-electron chi connectivity index (χ1n) is 7.70. The predicted octanol–water partition coefficient (Wildman–Crippen LogP) is 4.00. The summed E-state index contributed by atoms with van der Waals surface area (Å²) in [5.74, 6) is -0.358. The zero-order valence-electron chi connectivity index (χ0n) is 13.9. The van der Waals surface area contributed by atoms with Crippen molar-refractivity contribution in [2.24, 2.45) is 7.05 Å². The Morgan fingerprint density at radius 1 is 1.27 bits per heavy atom. The molecule has 7 nitrogen and oxygen atoms in total. The smallest absolute Gasteiger partial charge is 0.313 e. The molecule has 0 spiro atoms. The first kappa shape index (κ1) is 16.8. The zero-order valence-corrected chi connectivity index (χ0v) is 16.1. The molecule has 0 aliphatic carbocycles. The quantitative estimate of drug-likeness (QED) is 0.446. The van der Waals surface area contributed by atoms with Crippen molar-refractivity contribution in [1.29, 1.82) is 0 Å². The molecule has 0 unspecified atom stereocenters. The lowest BCUT2D eigenvalue weighted by molar-refractivity contribution is 0.589. The predicted molar refractivity (Wildman–Crippen MR) is 106 cm³/mol. The lowest BCUT2D eigenvalue weighted by Crippen LogP contribution is -2.01. The van der Waals surface area contributed by atoms with Crippen LogP contribution >= 0.6 is 22.6 Å². The van der Waals surface area contributed by atoms with Crippen LogP contribution in [0.25, 0.3) is 22.5 Å². The van der Waals surface area contributed by atoms with Crippen molar-refractivity contribution in [3.05, 3.63) is 45.5 Å². The van der Waals surface area contributed by atoms with E-state index in [1.807, 2.05) is 25.1 Å². The third-order valence-corrected chi connectivity index (χ3v) is 4.75. The van der Waals surface area contributed by atoms with Crippen LogP contribution in [0.5, 0.6) is 0 Å². The maximum Gasteiger partial charge on any atom is 0.313 e. The maximum atomic E-state index is 15.3. The molecule has 26 heavy (non-hydrogen) atoms. The Morgan fingerprint density at radius 2 is 2.08 bits per heavy atom. The highest BCUT2D eigenvalue weighted by Gasteiger charge is 2.22. The van der Waals surface area contributed by atoms with Crippen LogP contribution < -0.4 is 11.1 Å². The average molecular weight is 464 g/mol. The zero-order chi connectivity index (χ0) is 18.4. The van der Waals surface area contributed by atoms with Gasteiger partial charge in [0.1, 0.15) is 5.52 Å². The third-order valence-electron chi connectivity index (χ3n) is 4.08. The number of nitrogen functional groups attached to an aromatic ring is 1. The summed E-state index contributed by atoms with van der Waals surface area (Å²) in [5, 5.41) is 10.7. The van der Waals surface area contributed by atoms with Crippen LogP contribution in [0, 0.1) is 16.3 Å². The number of halogens is 2. The third kappa shape index (κ3) is 2.77. The van der Waals surface area contributed by atoms with E-state index < -0.39 is 5.82 Å². The van der Waals surface area contributed by atoms with E-state index >= 15 is 4.39 Å². The SMILES string of the molecule is Cc1cc(I)ccc1Nc1c(-c2nnc(N)o2)cc2c(ncn2C)c1F. The molecule has 0 aliphatic heterocycles. The van der Waals surface area contributed by atoms with Crippen molar-refractivity contribution in [3.63, 3.8) is 0 Å². The Morgan fingerprint density at radius 3 is 2.77 bits per heavy atom. The fraction of sp³-hybridized carbons (Fsp3) is 0.118. The molecule has 0 bridgehead atoms. The summed E-state index contributed by atoms with van der Waals surface area (Å²) < 4.78 is 23.4.